The summed E-state index contributed by atoms with van der Waals surface area (Å²) in [6.45, 7) is 3.60. The van der Waals surface area contributed by atoms with E-state index >= 15 is 0 Å². The van der Waals surface area contributed by atoms with Gasteiger partial charge in [-0.2, -0.15) is 0 Å². The highest BCUT2D eigenvalue weighted by molar-refractivity contribution is 5.25. The molecular formula is C11H16O2. The zero-order chi connectivity index (χ0) is 9.52. The lowest BCUT2D eigenvalue weighted by Gasteiger charge is -2.01. The Morgan fingerprint density at radius 2 is 1.92 bits per heavy atom. The first-order valence-corrected chi connectivity index (χ1v) is 4.68. The number of hydrogen-bond donors (Lipinski definition) is 1. The number of hydrogen-bond acceptors (Lipinski definition) is 2. The fraction of sp³-hybridized carbons (Fsp3) is 0.455. The molecule has 0 saturated heterocycles. The highest BCUT2D eigenvalue weighted by Gasteiger charge is 1.93. The van der Waals surface area contributed by atoms with Crippen molar-refractivity contribution in [2.24, 2.45) is 0 Å². The third-order valence-electron chi connectivity index (χ3n) is 1.89. The fourth-order valence-corrected chi connectivity index (χ4v) is 1.19. The van der Waals surface area contributed by atoms with Gasteiger partial charge in [-0.15, -0.1) is 0 Å². The second-order valence-electron chi connectivity index (χ2n) is 2.97. The Morgan fingerprint density at radius 3 is 2.54 bits per heavy atom. The van der Waals surface area contributed by atoms with E-state index in [1.54, 1.807) is 12.1 Å². The van der Waals surface area contributed by atoms with Gasteiger partial charge in [-0.25, -0.2) is 0 Å². The minimum Gasteiger partial charge on any atom is -0.508 e. The summed E-state index contributed by atoms with van der Waals surface area (Å²) in [5, 5.41) is 9.04. The first kappa shape index (κ1) is 10.1. The Kier molecular flexibility index (Phi) is 4.33. The van der Waals surface area contributed by atoms with Gasteiger partial charge in [0.25, 0.3) is 0 Å². The molecule has 0 heterocycles. The molecule has 1 N–H and O–H groups in total. The van der Waals surface area contributed by atoms with Crippen LogP contribution in [0.2, 0.25) is 0 Å². The van der Waals surface area contributed by atoms with Gasteiger partial charge in [0.05, 0.1) is 0 Å². The summed E-state index contributed by atoms with van der Waals surface area (Å²) < 4.78 is 5.23. The molecule has 0 saturated carbocycles. The minimum atomic E-state index is 0.327. The predicted molar refractivity (Wildman–Crippen MR) is 52.9 cm³/mol. The van der Waals surface area contributed by atoms with Crippen LogP contribution in [0.1, 0.15) is 18.9 Å². The molecule has 1 aromatic rings. The number of rotatable bonds is 5. The minimum absolute atomic E-state index is 0.327. The van der Waals surface area contributed by atoms with Crippen molar-refractivity contribution in [1.82, 2.24) is 0 Å². The molecule has 0 aliphatic carbocycles. The standard InChI is InChI=1S/C11H16O2/c1-2-13-9-3-4-10-5-7-11(12)8-6-10/h5-8,12H,2-4,9H2,1H3. The van der Waals surface area contributed by atoms with Crippen molar-refractivity contribution in [3.05, 3.63) is 29.8 Å². The molecule has 0 aliphatic heterocycles. The molecule has 0 atom stereocenters. The van der Waals surface area contributed by atoms with Gasteiger partial charge in [0.1, 0.15) is 5.75 Å². The summed E-state index contributed by atoms with van der Waals surface area (Å²) in [4.78, 5) is 0. The summed E-state index contributed by atoms with van der Waals surface area (Å²) in [6, 6.07) is 7.33. The Bertz CT molecular complexity index is 228. The lowest BCUT2D eigenvalue weighted by Crippen LogP contribution is -1.95. The van der Waals surface area contributed by atoms with Crippen molar-refractivity contribution < 1.29 is 9.84 Å². The van der Waals surface area contributed by atoms with Crippen molar-refractivity contribution >= 4 is 0 Å². The molecule has 0 fully saturated rings. The van der Waals surface area contributed by atoms with Gasteiger partial charge in [0, 0.05) is 13.2 Å². The van der Waals surface area contributed by atoms with Crippen LogP contribution in [0.4, 0.5) is 0 Å². The number of aryl methyl sites for hydroxylation is 1. The smallest absolute Gasteiger partial charge is 0.115 e. The summed E-state index contributed by atoms with van der Waals surface area (Å²) >= 11 is 0. The molecule has 0 bridgehead atoms. The van der Waals surface area contributed by atoms with Crippen LogP contribution < -0.4 is 0 Å². The number of phenols is 1. The molecule has 2 nitrogen and oxygen atoms in total. The van der Waals surface area contributed by atoms with Crippen molar-refractivity contribution in [3.8, 4) is 5.75 Å². The third-order valence-corrected chi connectivity index (χ3v) is 1.89. The van der Waals surface area contributed by atoms with Crippen molar-refractivity contribution in [2.75, 3.05) is 13.2 Å². The van der Waals surface area contributed by atoms with Gasteiger partial charge >= 0.3 is 0 Å². The van der Waals surface area contributed by atoms with E-state index in [1.165, 1.54) is 5.56 Å². The fourth-order valence-electron chi connectivity index (χ4n) is 1.19. The molecule has 0 amide bonds. The number of phenolic OH excluding ortho intramolecular Hbond substituents is 1. The van der Waals surface area contributed by atoms with Crippen LogP contribution in [0.3, 0.4) is 0 Å². The van der Waals surface area contributed by atoms with Crippen LogP contribution in [0, 0.1) is 0 Å². The molecule has 1 rings (SSSR count). The van der Waals surface area contributed by atoms with Crippen LogP contribution in [0.5, 0.6) is 5.75 Å². The predicted octanol–water partition coefficient (Wildman–Crippen LogP) is 2.36. The number of benzene rings is 1. The second kappa shape index (κ2) is 5.60. The molecular weight excluding hydrogens is 164 g/mol. The molecule has 0 spiro atoms. The maximum Gasteiger partial charge on any atom is 0.115 e. The SMILES string of the molecule is CCOCCCc1ccc(O)cc1. The lowest BCUT2D eigenvalue weighted by molar-refractivity contribution is 0.145. The summed E-state index contributed by atoms with van der Waals surface area (Å²) in [6.07, 6.45) is 2.05. The quantitative estimate of drug-likeness (QED) is 0.705. The van der Waals surface area contributed by atoms with Gasteiger partial charge in [0.2, 0.25) is 0 Å². The second-order valence-corrected chi connectivity index (χ2v) is 2.97. The Balaban J connectivity index is 2.25. The van der Waals surface area contributed by atoms with Crippen LogP contribution in [0.25, 0.3) is 0 Å². The topological polar surface area (TPSA) is 29.5 Å². The van der Waals surface area contributed by atoms with Crippen molar-refractivity contribution in [3.63, 3.8) is 0 Å². The van der Waals surface area contributed by atoms with Gasteiger partial charge < -0.3 is 9.84 Å². The molecule has 0 aliphatic rings. The average Bonchev–Trinajstić information content (AvgIpc) is 2.15. The number of ether oxygens (including phenoxy) is 1. The summed E-state index contributed by atoms with van der Waals surface area (Å²) in [5.41, 5.74) is 1.25. The maximum atomic E-state index is 9.04. The van der Waals surface area contributed by atoms with E-state index in [0.29, 0.717) is 5.75 Å². The molecule has 72 valence electrons. The van der Waals surface area contributed by atoms with Crippen LogP contribution in [0.15, 0.2) is 24.3 Å². The average molecular weight is 180 g/mol. The molecule has 2 heteroatoms. The first-order valence-electron chi connectivity index (χ1n) is 4.68. The Hall–Kier alpha value is -1.02. The Morgan fingerprint density at radius 1 is 1.23 bits per heavy atom. The molecule has 1 aromatic carbocycles. The lowest BCUT2D eigenvalue weighted by atomic mass is 10.1. The van der Waals surface area contributed by atoms with Gasteiger partial charge in [-0.05, 0) is 37.5 Å². The van der Waals surface area contributed by atoms with E-state index in [2.05, 4.69) is 0 Å². The largest absolute Gasteiger partial charge is 0.508 e. The molecule has 0 aromatic heterocycles. The molecule has 13 heavy (non-hydrogen) atoms. The maximum absolute atomic E-state index is 9.04. The monoisotopic (exact) mass is 180 g/mol. The molecule has 0 unspecified atom stereocenters. The van der Waals surface area contributed by atoms with E-state index in [9.17, 15) is 0 Å². The van der Waals surface area contributed by atoms with Crippen LogP contribution in [-0.2, 0) is 11.2 Å². The van der Waals surface area contributed by atoms with Crippen LogP contribution in [-0.4, -0.2) is 18.3 Å². The highest BCUT2D eigenvalue weighted by Crippen LogP contribution is 2.10. The van der Waals surface area contributed by atoms with E-state index in [4.69, 9.17) is 9.84 Å². The highest BCUT2D eigenvalue weighted by atomic mass is 16.5. The zero-order valence-corrected chi connectivity index (χ0v) is 7.99. The van der Waals surface area contributed by atoms with Gasteiger partial charge in [-0.1, -0.05) is 12.1 Å². The van der Waals surface area contributed by atoms with Crippen molar-refractivity contribution in [2.45, 2.75) is 19.8 Å². The van der Waals surface area contributed by atoms with E-state index in [1.807, 2.05) is 19.1 Å². The third kappa shape index (κ3) is 3.95. The van der Waals surface area contributed by atoms with Gasteiger partial charge in [-0.3, -0.25) is 0 Å². The van der Waals surface area contributed by atoms with Gasteiger partial charge in [0.15, 0.2) is 0 Å². The summed E-state index contributed by atoms with van der Waals surface area (Å²) in [7, 11) is 0. The van der Waals surface area contributed by atoms with E-state index in [-0.39, 0.29) is 0 Å². The van der Waals surface area contributed by atoms with Crippen molar-refractivity contribution in [1.29, 1.82) is 0 Å². The van der Waals surface area contributed by atoms with Crippen LogP contribution >= 0.6 is 0 Å². The zero-order valence-electron chi connectivity index (χ0n) is 7.99. The van der Waals surface area contributed by atoms with E-state index < -0.39 is 0 Å². The summed E-state index contributed by atoms with van der Waals surface area (Å²) in [5.74, 6) is 0.327. The number of aromatic hydroxyl groups is 1. The first-order chi connectivity index (χ1) is 6.33. The van der Waals surface area contributed by atoms with E-state index in [0.717, 1.165) is 26.1 Å². The molecule has 0 radical (unpaired) electrons. The normalized spacial score (nSPS) is 10.2. The Labute approximate surface area is 79.2 Å².